The summed E-state index contributed by atoms with van der Waals surface area (Å²) in [5.41, 5.74) is 0.482. The molecule has 1 aliphatic heterocycles. The molecule has 0 bridgehead atoms. The molecule has 1 aliphatic rings. The van der Waals surface area contributed by atoms with Crippen LogP contribution < -0.4 is 9.47 Å². The monoisotopic (exact) mass is 252 g/mol. The van der Waals surface area contributed by atoms with Gasteiger partial charge in [-0.1, -0.05) is 6.07 Å². The first kappa shape index (κ1) is 12.9. The number of ketones is 1. The highest BCUT2D eigenvalue weighted by Gasteiger charge is 2.23. The van der Waals surface area contributed by atoms with Crippen molar-refractivity contribution < 1.29 is 23.7 Å². The SMILES string of the molecule is COc1cccc(C(=O)CC2OCCO2)c1OC. The second-order valence-electron chi connectivity index (χ2n) is 3.84. The van der Waals surface area contributed by atoms with Crippen molar-refractivity contribution in [3.8, 4) is 11.5 Å². The third-order valence-electron chi connectivity index (χ3n) is 2.75. The number of carbonyl (C=O) groups excluding carboxylic acids is 1. The molecule has 1 aromatic carbocycles. The molecule has 1 fully saturated rings. The van der Waals surface area contributed by atoms with Crippen LogP contribution in [0.4, 0.5) is 0 Å². The average Bonchev–Trinajstić information content (AvgIpc) is 2.90. The van der Waals surface area contributed by atoms with Gasteiger partial charge in [0.1, 0.15) is 0 Å². The first-order valence-electron chi connectivity index (χ1n) is 5.73. The van der Waals surface area contributed by atoms with Gasteiger partial charge in [-0.2, -0.15) is 0 Å². The molecular weight excluding hydrogens is 236 g/mol. The van der Waals surface area contributed by atoms with Gasteiger partial charge in [0.05, 0.1) is 39.4 Å². The van der Waals surface area contributed by atoms with Gasteiger partial charge in [-0.3, -0.25) is 4.79 Å². The summed E-state index contributed by atoms with van der Waals surface area (Å²) in [5, 5.41) is 0. The van der Waals surface area contributed by atoms with Crippen LogP contribution in [0.2, 0.25) is 0 Å². The standard InChI is InChI=1S/C13H16O5/c1-15-11-5-3-4-9(13(11)16-2)10(14)8-12-17-6-7-18-12/h3-5,12H,6-8H2,1-2H3. The van der Waals surface area contributed by atoms with Crippen LogP contribution in [0, 0.1) is 0 Å². The summed E-state index contributed by atoms with van der Waals surface area (Å²) in [6.07, 6.45) is -0.266. The maximum absolute atomic E-state index is 12.2. The van der Waals surface area contributed by atoms with Crippen LogP contribution in [0.3, 0.4) is 0 Å². The number of hydrogen-bond donors (Lipinski definition) is 0. The predicted octanol–water partition coefficient (Wildman–Crippen LogP) is 1.65. The highest BCUT2D eigenvalue weighted by molar-refractivity contribution is 5.99. The van der Waals surface area contributed by atoms with E-state index in [9.17, 15) is 4.79 Å². The Morgan fingerprint density at radius 2 is 2.00 bits per heavy atom. The van der Waals surface area contributed by atoms with Crippen molar-refractivity contribution in [2.75, 3.05) is 27.4 Å². The Kier molecular flexibility index (Phi) is 4.17. The van der Waals surface area contributed by atoms with Crippen LogP contribution >= 0.6 is 0 Å². The van der Waals surface area contributed by atoms with Gasteiger partial charge in [0, 0.05) is 0 Å². The Morgan fingerprint density at radius 1 is 1.28 bits per heavy atom. The van der Waals surface area contributed by atoms with Gasteiger partial charge >= 0.3 is 0 Å². The molecule has 0 aromatic heterocycles. The lowest BCUT2D eigenvalue weighted by atomic mass is 10.1. The molecule has 0 spiro atoms. The number of para-hydroxylation sites is 1. The van der Waals surface area contributed by atoms with Crippen molar-refractivity contribution in [3.63, 3.8) is 0 Å². The van der Waals surface area contributed by atoms with E-state index in [2.05, 4.69) is 0 Å². The smallest absolute Gasteiger partial charge is 0.171 e. The summed E-state index contributed by atoms with van der Waals surface area (Å²) in [6.45, 7) is 1.07. The molecule has 0 radical (unpaired) electrons. The Balaban J connectivity index is 2.18. The van der Waals surface area contributed by atoms with E-state index in [1.54, 1.807) is 18.2 Å². The minimum Gasteiger partial charge on any atom is -0.493 e. The number of ether oxygens (including phenoxy) is 4. The van der Waals surface area contributed by atoms with Gasteiger partial charge in [-0.05, 0) is 12.1 Å². The van der Waals surface area contributed by atoms with Crippen molar-refractivity contribution in [2.24, 2.45) is 0 Å². The summed E-state index contributed by atoms with van der Waals surface area (Å²) in [4.78, 5) is 12.2. The molecule has 5 heteroatoms. The highest BCUT2D eigenvalue weighted by Crippen LogP contribution is 2.31. The summed E-state index contributed by atoms with van der Waals surface area (Å²) in [7, 11) is 3.05. The summed E-state index contributed by atoms with van der Waals surface area (Å²) in [5.74, 6) is 0.900. The lowest BCUT2D eigenvalue weighted by Gasteiger charge is -2.13. The van der Waals surface area contributed by atoms with Gasteiger partial charge in [-0.25, -0.2) is 0 Å². The van der Waals surface area contributed by atoms with E-state index >= 15 is 0 Å². The topological polar surface area (TPSA) is 54.0 Å². The molecule has 98 valence electrons. The molecule has 0 saturated carbocycles. The molecule has 18 heavy (non-hydrogen) atoms. The zero-order valence-corrected chi connectivity index (χ0v) is 10.5. The number of rotatable bonds is 5. The number of Topliss-reactive ketones (excluding diaryl/α,β-unsaturated/α-hetero) is 1. The number of benzene rings is 1. The van der Waals surface area contributed by atoms with Crippen LogP contribution in [-0.2, 0) is 9.47 Å². The largest absolute Gasteiger partial charge is 0.493 e. The summed E-state index contributed by atoms with van der Waals surface area (Å²) < 4.78 is 20.9. The van der Waals surface area contributed by atoms with E-state index < -0.39 is 6.29 Å². The molecule has 1 heterocycles. The van der Waals surface area contributed by atoms with Gasteiger partial charge in [0.2, 0.25) is 0 Å². The van der Waals surface area contributed by atoms with E-state index in [-0.39, 0.29) is 12.2 Å². The first-order valence-corrected chi connectivity index (χ1v) is 5.73. The quantitative estimate of drug-likeness (QED) is 0.746. The lowest BCUT2D eigenvalue weighted by Crippen LogP contribution is -2.15. The molecular formula is C13H16O5. The highest BCUT2D eigenvalue weighted by atomic mass is 16.7. The normalized spacial score (nSPS) is 15.7. The Morgan fingerprint density at radius 3 is 2.61 bits per heavy atom. The van der Waals surface area contributed by atoms with Crippen LogP contribution in [0.15, 0.2) is 18.2 Å². The fraction of sp³-hybridized carbons (Fsp3) is 0.462. The third-order valence-corrected chi connectivity index (χ3v) is 2.75. The summed E-state index contributed by atoms with van der Waals surface area (Å²) in [6, 6.07) is 5.21. The average molecular weight is 252 g/mol. The number of hydrogen-bond acceptors (Lipinski definition) is 5. The molecule has 5 nitrogen and oxygen atoms in total. The zero-order valence-electron chi connectivity index (χ0n) is 10.5. The minimum absolute atomic E-state index is 0.0855. The van der Waals surface area contributed by atoms with Crippen molar-refractivity contribution in [3.05, 3.63) is 23.8 Å². The molecule has 1 saturated heterocycles. The van der Waals surface area contributed by atoms with Crippen molar-refractivity contribution >= 4 is 5.78 Å². The molecule has 2 rings (SSSR count). The minimum atomic E-state index is -0.451. The van der Waals surface area contributed by atoms with Gasteiger partial charge in [0.25, 0.3) is 0 Å². The van der Waals surface area contributed by atoms with E-state index in [0.717, 1.165) is 0 Å². The fourth-order valence-corrected chi connectivity index (χ4v) is 1.89. The van der Waals surface area contributed by atoms with Crippen molar-refractivity contribution in [1.82, 2.24) is 0 Å². The third kappa shape index (κ3) is 2.63. The molecule has 0 amide bonds. The Hall–Kier alpha value is -1.59. The van der Waals surface area contributed by atoms with Gasteiger partial charge < -0.3 is 18.9 Å². The van der Waals surface area contributed by atoms with Crippen molar-refractivity contribution in [1.29, 1.82) is 0 Å². The molecule has 0 N–H and O–H groups in total. The van der Waals surface area contributed by atoms with Crippen LogP contribution in [0.25, 0.3) is 0 Å². The van der Waals surface area contributed by atoms with E-state index in [4.69, 9.17) is 18.9 Å². The molecule has 0 aliphatic carbocycles. The Bertz CT molecular complexity index is 423. The number of carbonyl (C=O) groups is 1. The molecule has 0 unspecified atom stereocenters. The molecule has 1 aromatic rings. The second kappa shape index (κ2) is 5.84. The van der Waals surface area contributed by atoms with Gasteiger partial charge in [0.15, 0.2) is 23.6 Å². The van der Waals surface area contributed by atoms with Crippen LogP contribution in [0.1, 0.15) is 16.8 Å². The zero-order chi connectivity index (χ0) is 13.0. The predicted molar refractivity (Wildman–Crippen MR) is 64.2 cm³/mol. The maximum atomic E-state index is 12.2. The van der Waals surface area contributed by atoms with E-state index in [0.29, 0.717) is 30.3 Å². The van der Waals surface area contributed by atoms with Gasteiger partial charge in [-0.15, -0.1) is 0 Å². The van der Waals surface area contributed by atoms with Crippen LogP contribution in [0.5, 0.6) is 11.5 Å². The van der Waals surface area contributed by atoms with E-state index in [1.165, 1.54) is 14.2 Å². The Labute approximate surface area is 106 Å². The molecule has 0 atom stereocenters. The number of methoxy groups -OCH3 is 2. The second-order valence-corrected chi connectivity index (χ2v) is 3.84. The summed E-state index contributed by atoms with van der Waals surface area (Å²) >= 11 is 0. The maximum Gasteiger partial charge on any atom is 0.171 e. The fourth-order valence-electron chi connectivity index (χ4n) is 1.89. The van der Waals surface area contributed by atoms with Crippen LogP contribution in [-0.4, -0.2) is 39.5 Å². The lowest BCUT2D eigenvalue weighted by molar-refractivity contribution is -0.0407. The van der Waals surface area contributed by atoms with E-state index in [1.807, 2.05) is 0 Å². The first-order chi connectivity index (χ1) is 8.76. The van der Waals surface area contributed by atoms with Crippen molar-refractivity contribution in [2.45, 2.75) is 12.7 Å².